The lowest BCUT2D eigenvalue weighted by atomic mass is 10.2. The van der Waals surface area contributed by atoms with Crippen LogP contribution in [0.3, 0.4) is 0 Å². The van der Waals surface area contributed by atoms with E-state index in [0.29, 0.717) is 26.2 Å². The molecule has 2 heterocycles. The predicted octanol–water partition coefficient (Wildman–Crippen LogP) is -0.0412. The monoisotopic (exact) mass is 384 g/mol. The number of carbonyl (C=O) groups excluding carboxylic acids is 2. The minimum absolute atomic E-state index is 0. The maximum Gasteiger partial charge on any atom is 0.241 e. The smallest absolute Gasteiger partial charge is 0.241 e. The lowest BCUT2D eigenvalue weighted by molar-refractivity contribution is -0.139. The number of halogens is 2. The van der Waals surface area contributed by atoms with E-state index in [-0.39, 0.29) is 49.3 Å². The third-order valence-corrected chi connectivity index (χ3v) is 4.61. The molecular weight excluding hydrogens is 355 g/mol. The number of carbonyl (C=O) groups is 2. The number of rotatable bonds is 5. The van der Waals surface area contributed by atoms with Gasteiger partial charge in [-0.25, -0.2) is 0 Å². The number of methoxy groups -OCH3 is 1. The van der Waals surface area contributed by atoms with E-state index in [4.69, 9.17) is 10.5 Å². The molecule has 0 saturated carbocycles. The van der Waals surface area contributed by atoms with Gasteiger partial charge in [0.25, 0.3) is 0 Å². The number of hydrogen-bond donors (Lipinski definition) is 1. The molecule has 2 aliphatic rings. The van der Waals surface area contributed by atoms with E-state index in [1.165, 1.54) is 7.11 Å². The molecule has 24 heavy (non-hydrogen) atoms. The van der Waals surface area contributed by atoms with Crippen LogP contribution in [-0.2, 0) is 14.3 Å². The topological polar surface area (TPSA) is 79.1 Å². The van der Waals surface area contributed by atoms with Crippen LogP contribution in [0.4, 0.5) is 0 Å². The molecule has 0 aliphatic carbocycles. The molecule has 9 heteroatoms. The Morgan fingerprint density at radius 2 is 1.46 bits per heavy atom. The van der Waals surface area contributed by atoms with Gasteiger partial charge in [0.05, 0.1) is 12.6 Å². The number of hydrogen-bond acceptors (Lipinski definition) is 5. The second-order valence-corrected chi connectivity index (χ2v) is 6.13. The highest BCUT2D eigenvalue weighted by molar-refractivity contribution is 5.85. The number of likely N-dealkylation sites (tertiary alicyclic amines) is 1. The van der Waals surface area contributed by atoms with Crippen LogP contribution in [0.15, 0.2) is 0 Å². The molecule has 7 nitrogen and oxygen atoms in total. The number of amides is 2. The molecule has 2 unspecified atom stereocenters. The van der Waals surface area contributed by atoms with Crippen molar-refractivity contribution in [3.8, 4) is 0 Å². The van der Waals surface area contributed by atoms with Crippen LogP contribution in [-0.4, -0.2) is 91.6 Å². The Morgan fingerprint density at radius 3 is 1.96 bits per heavy atom. The van der Waals surface area contributed by atoms with Gasteiger partial charge in [0, 0.05) is 46.4 Å². The first-order chi connectivity index (χ1) is 10.5. The number of nitrogens with two attached hydrogens (primary N) is 1. The zero-order valence-corrected chi connectivity index (χ0v) is 16.1. The van der Waals surface area contributed by atoms with E-state index in [1.807, 2.05) is 11.8 Å². The van der Waals surface area contributed by atoms with Gasteiger partial charge in [-0.3, -0.25) is 14.5 Å². The second-order valence-electron chi connectivity index (χ2n) is 6.13. The molecule has 2 amide bonds. The molecule has 2 rings (SSSR count). The SMILES string of the molecule is COCC(N)C(=O)N1CCN(C(C)C(=O)N2CCCC2)CC1.Cl.Cl. The second kappa shape index (κ2) is 11.1. The van der Waals surface area contributed by atoms with Gasteiger partial charge in [0.2, 0.25) is 11.8 Å². The van der Waals surface area contributed by atoms with Crippen molar-refractivity contribution in [2.24, 2.45) is 5.73 Å². The van der Waals surface area contributed by atoms with Crippen molar-refractivity contribution >= 4 is 36.6 Å². The molecule has 0 aromatic carbocycles. The summed E-state index contributed by atoms with van der Waals surface area (Å²) in [6, 6.07) is -0.705. The fraction of sp³-hybridized carbons (Fsp3) is 0.867. The summed E-state index contributed by atoms with van der Waals surface area (Å²) in [6.07, 6.45) is 2.22. The highest BCUT2D eigenvalue weighted by Crippen LogP contribution is 2.14. The largest absolute Gasteiger partial charge is 0.383 e. The van der Waals surface area contributed by atoms with Gasteiger partial charge in [-0.15, -0.1) is 24.8 Å². The standard InChI is InChI=1S/C15H28N4O3.2ClH/c1-12(14(20)18-5-3-4-6-18)17-7-9-19(10-8-17)15(21)13(16)11-22-2;;/h12-13H,3-11,16H2,1-2H3;2*1H. The average Bonchev–Trinajstić information content (AvgIpc) is 3.07. The van der Waals surface area contributed by atoms with Crippen molar-refractivity contribution in [2.45, 2.75) is 31.8 Å². The maximum absolute atomic E-state index is 12.4. The molecule has 2 fully saturated rings. The highest BCUT2D eigenvalue weighted by atomic mass is 35.5. The molecule has 0 radical (unpaired) electrons. The van der Waals surface area contributed by atoms with Gasteiger partial charge >= 0.3 is 0 Å². The lowest BCUT2D eigenvalue weighted by Crippen LogP contribution is -2.57. The van der Waals surface area contributed by atoms with Crippen molar-refractivity contribution < 1.29 is 14.3 Å². The first kappa shape index (κ1) is 23.4. The molecule has 2 aliphatic heterocycles. The highest BCUT2D eigenvalue weighted by Gasteiger charge is 2.31. The summed E-state index contributed by atoms with van der Waals surface area (Å²) in [4.78, 5) is 30.4. The van der Waals surface area contributed by atoms with Crippen molar-refractivity contribution in [1.29, 1.82) is 0 Å². The lowest BCUT2D eigenvalue weighted by Gasteiger charge is -2.39. The van der Waals surface area contributed by atoms with E-state index in [2.05, 4.69) is 4.90 Å². The summed E-state index contributed by atoms with van der Waals surface area (Å²) >= 11 is 0. The van der Waals surface area contributed by atoms with E-state index < -0.39 is 6.04 Å². The Hall–Kier alpha value is -0.600. The quantitative estimate of drug-likeness (QED) is 0.719. The van der Waals surface area contributed by atoms with Gasteiger partial charge < -0.3 is 20.3 Å². The maximum atomic E-state index is 12.4. The van der Waals surface area contributed by atoms with Crippen LogP contribution in [0, 0.1) is 0 Å². The third-order valence-electron chi connectivity index (χ3n) is 4.61. The summed E-state index contributed by atoms with van der Waals surface area (Å²) < 4.78 is 4.93. The molecular formula is C15H30Cl2N4O3. The van der Waals surface area contributed by atoms with E-state index in [1.54, 1.807) is 4.90 Å². The third kappa shape index (κ3) is 5.74. The Kier molecular flexibility index (Phi) is 10.8. The Morgan fingerprint density at radius 1 is 0.958 bits per heavy atom. The summed E-state index contributed by atoms with van der Waals surface area (Å²) in [6.45, 7) is 6.64. The van der Waals surface area contributed by atoms with Crippen LogP contribution in [0.5, 0.6) is 0 Å². The van der Waals surface area contributed by atoms with Crippen molar-refractivity contribution in [3.05, 3.63) is 0 Å². The van der Waals surface area contributed by atoms with Crippen molar-refractivity contribution in [3.63, 3.8) is 0 Å². The van der Waals surface area contributed by atoms with Gasteiger partial charge in [-0.05, 0) is 19.8 Å². The minimum atomic E-state index is -0.597. The van der Waals surface area contributed by atoms with Crippen molar-refractivity contribution in [1.82, 2.24) is 14.7 Å². The summed E-state index contributed by atoms with van der Waals surface area (Å²) in [7, 11) is 1.54. The van der Waals surface area contributed by atoms with Crippen LogP contribution in [0.2, 0.25) is 0 Å². The average molecular weight is 385 g/mol. The van der Waals surface area contributed by atoms with Gasteiger partial charge in [0.15, 0.2) is 0 Å². The van der Waals surface area contributed by atoms with E-state index in [0.717, 1.165) is 25.9 Å². The minimum Gasteiger partial charge on any atom is -0.383 e. The molecule has 2 atom stereocenters. The Balaban J connectivity index is 0.00000264. The molecule has 0 aromatic rings. The summed E-state index contributed by atoms with van der Waals surface area (Å²) in [5.74, 6) is 0.147. The van der Waals surface area contributed by atoms with Crippen LogP contribution < -0.4 is 5.73 Å². The predicted molar refractivity (Wildman–Crippen MR) is 97.8 cm³/mol. The van der Waals surface area contributed by atoms with Crippen molar-refractivity contribution in [2.75, 3.05) is 53.0 Å². The molecule has 0 spiro atoms. The zero-order valence-electron chi connectivity index (χ0n) is 14.5. The molecule has 0 aromatic heterocycles. The van der Waals surface area contributed by atoms with E-state index in [9.17, 15) is 9.59 Å². The first-order valence-electron chi connectivity index (χ1n) is 8.10. The van der Waals surface area contributed by atoms with Gasteiger partial charge in [-0.2, -0.15) is 0 Å². The van der Waals surface area contributed by atoms with Gasteiger partial charge in [0.1, 0.15) is 6.04 Å². The summed E-state index contributed by atoms with van der Waals surface area (Å²) in [5, 5.41) is 0. The molecule has 2 saturated heterocycles. The number of nitrogens with zero attached hydrogens (tertiary/aromatic N) is 3. The Labute approximate surface area is 156 Å². The number of piperazine rings is 1. The van der Waals surface area contributed by atoms with E-state index >= 15 is 0 Å². The normalized spacial score (nSPS) is 20.8. The van der Waals surface area contributed by atoms with Crippen LogP contribution in [0.1, 0.15) is 19.8 Å². The fourth-order valence-corrected chi connectivity index (χ4v) is 3.17. The summed E-state index contributed by atoms with van der Waals surface area (Å²) in [5.41, 5.74) is 5.79. The van der Waals surface area contributed by atoms with Gasteiger partial charge in [-0.1, -0.05) is 0 Å². The molecule has 142 valence electrons. The number of ether oxygens (including phenoxy) is 1. The van der Waals surface area contributed by atoms with Crippen LogP contribution in [0.25, 0.3) is 0 Å². The Bertz CT molecular complexity index is 400. The van der Waals surface area contributed by atoms with Crippen LogP contribution >= 0.6 is 24.8 Å². The zero-order chi connectivity index (χ0) is 16.1. The first-order valence-corrected chi connectivity index (χ1v) is 8.10. The molecule has 0 bridgehead atoms. The molecule has 2 N–H and O–H groups in total. The fourth-order valence-electron chi connectivity index (χ4n) is 3.17.